The number of carbonyl (C=O) groups is 1. The van der Waals surface area contributed by atoms with E-state index in [-0.39, 0.29) is 12.5 Å². The molecular formula is C21H15Cl3N2O2. The zero-order valence-electron chi connectivity index (χ0n) is 14.5. The molecule has 28 heavy (non-hydrogen) atoms. The third-order valence-electron chi connectivity index (χ3n) is 3.57. The highest BCUT2D eigenvalue weighted by molar-refractivity contribution is 6.35. The molecule has 0 heterocycles. The van der Waals surface area contributed by atoms with E-state index in [1.165, 1.54) is 0 Å². The van der Waals surface area contributed by atoms with E-state index in [0.29, 0.717) is 32.2 Å². The highest BCUT2D eigenvalue weighted by Gasteiger charge is 2.04. The Bertz CT molecular complexity index is 985. The van der Waals surface area contributed by atoms with Crippen molar-refractivity contribution < 1.29 is 9.53 Å². The molecule has 0 aliphatic heterocycles. The number of ether oxygens (including phenoxy) is 1. The second-order valence-electron chi connectivity index (χ2n) is 5.80. The van der Waals surface area contributed by atoms with Crippen LogP contribution in [0.4, 0.5) is 11.4 Å². The molecule has 142 valence electrons. The number of nitrogens with zero attached hydrogens (tertiary/aromatic N) is 1. The van der Waals surface area contributed by atoms with E-state index < -0.39 is 0 Å². The molecule has 0 aromatic heterocycles. The number of anilines is 1. The molecule has 0 bridgehead atoms. The molecule has 4 nitrogen and oxygen atoms in total. The van der Waals surface area contributed by atoms with Gasteiger partial charge in [0.05, 0.1) is 5.69 Å². The van der Waals surface area contributed by atoms with Crippen LogP contribution < -0.4 is 10.1 Å². The molecule has 0 saturated heterocycles. The van der Waals surface area contributed by atoms with E-state index in [2.05, 4.69) is 10.3 Å². The lowest BCUT2D eigenvalue weighted by Gasteiger charge is -2.08. The number of nitrogens with one attached hydrogen (secondary N) is 1. The largest absolute Gasteiger partial charge is 0.484 e. The van der Waals surface area contributed by atoms with Crippen LogP contribution in [-0.4, -0.2) is 18.7 Å². The molecule has 0 unspecified atom stereocenters. The summed E-state index contributed by atoms with van der Waals surface area (Å²) < 4.78 is 5.50. The number of aliphatic imine (C=N–C) groups is 1. The number of rotatable bonds is 6. The molecule has 0 saturated carbocycles. The second-order valence-corrected chi connectivity index (χ2v) is 7.11. The summed E-state index contributed by atoms with van der Waals surface area (Å²) in [4.78, 5) is 16.3. The minimum absolute atomic E-state index is 0.110. The molecule has 1 N–H and O–H groups in total. The molecule has 0 atom stereocenters. The smallest absolute Gasteiger partial charge is 0.262 e. The molecule has 3 rings (SSSR count). The van der Waals surface area contributed by atoms with Crippen molar-refractivity contribution in [2.75, 3.05) is 11.9 Å². The van der Waals surface area contributed by atoms with Gasteiger partial charge in [0.25, 0.3) is 5.91 Å². The van der Waals surface area contributed by atoms with E-state index in [1.54, 1.807) is 60.8 Å². The molecule has 0 aliphatic carbocycles. The lowest BCUT2D eigenvalue weighted by Crippen LogP contribution is -2.20. The average molecular weight is 434 g/mol. The standard InChI is InChI=1S/C21H15Cl3N2O2/c22-15-2-1-3-18(9-15)26-21(27)13-28-20-6-4-14(5-7-20)12-25-19-10-16(23)8-17(24)11-19/h1-12H,13H2,(H,26,27). The van der Waals surface area contributed by atoms with Crippen LogP contribution >= 0.6 is 34.8 Å². The van der Waals surface area contributed by atoms with Gasteiger partial charge in [-0.1, -0.05) is 40.9 Å². The van der Waals surface area contributed by atoms with Gasteiger partial charge in [-0.3, -0.25) is 9.79 Å². The molecule has 0 fully saturated rings. The predicted octanol–water partition coefficient (Wildman–Crippen LogP) is 6.41. The Kier molecular flexibility index (Phi) is 6.93. The van der Waals surface area contributed by atoms with Gasteiger partial charge < -0.3 is 10.1 Å². The Morgan fingerprint density at radius 2 is 1.64 bits per heavy atom. The molecule has 3 aromatic rings. The molecule has 3 aromatic carbocycles. The molecular weight excluding hydrogens is 419 g/mol. The van der Waals surface area contributed by atoms with Crippen LogP contribution in [0.1, 0.15) is 5.56 Å². The van der Waals surface area contributed by atoms with Gasteiger partial charge in [0, 0.05) is 27.0 Å². The van der Waals surface area contributed by atoms with E-state index >= 15 is 0 Å². The summed E-state index contributed by atoms with van der Waals surface area (Å²) in [6.45, 7) is -0.110. The van der Waals surface area contributed by atoms with Crippen LogP contribution in [0.15, 0.2) is 71.7 Å². The first-order valence-corrected chi connectivity index (χ1v) is 9.40. The molecule has 7 heteroatoms. The zero-order valence-corrected chi connectivity index (χ0v) is 16.8. The Balaban J connectivity index is 1.54. The number of benzene rings is 3. The van der Waals surface area contributed by atoms with E-state index in [1.807, 2.05) is 12.1 Å². The maximum Gasteiger partial charge on any atom is 0.262 e. The summed E-state index contributed by atoms with van der Waals surface area (Å²) in [6, 6.07) is 19.2. The number of halogens is 3. The lowest BCUT2D eigenvalue weighted by atomic mass is 10.2. The van der Waals surface area contributed by atoms with Crippen molar-refractivity contribution in [3.63, 3.8) is 0 Å². The van der Waals surface area contributed by atoms with Crippen molar-refractivity contribution >= 4 is 58.3 Å². The number of hydrogen-bond donors (Lipinski definition) is 1. The molecule has 0 aliphatic rings. The first-order valence-electron chi connectivity index (χ1n) is 8.26. The van der Waals surface area contributed by atoms with Crippen molar-refractivity contribution in [3.05, 3.63) is 87.4 Å². The lowest BCUT2D eigenvalue weighted by molar-refractivity contribution is -0.118. The fraction of sp³-hybridized carbons (Fsp3) is 0.0476. The highest BCUT2D eigenvalue weighted by atomic mass is 35.5. The van der Waals surface area contributed by atoms with Gasteiger partial charge in [0.15, 0.2) is 6.61 Å². The first-order chi connectivity index (χ1) is 13.5. The minimum atomic E-state index is -0.272. The van der Waals surface area contributed by atoms with Crippen LogP contribution in [0.25, 0.3) is 0 Å². The van der Waals surface area contributed by atoms with Gasteiger partial charge in [0.2, 0.25) is 0 Å². The maximum absolute atomic E-state index is 12.0. The van der Waals surface area contributed by atoms with Crippen molar-refractivity contribution in [2.24, 2.45) is 4.99 Å². The van der Waals surface area contributed by atoms with Crippen molar-refractivity contribution in [3.8, 4) is 5.75 Å². The maximum atomic E-state index is 12.0. The third-order valence-corrected chi connectivity index (χ3v) is 4.24. The highest BCUT2D eigenvalue weighted by Crippen LogP contribution is 2.24. The summed E-state index contributed by atoms with van der Waals surface area (Å²) in [6.07, 6.45) is 1.69. The summed E-state index contributed by atoms with van der Waals surface area (Å²) in [5.74, 6) is 0.301. The number of hydrogen-bond acceptors (Lipinski definition) is 3. The van der Waals surface area contributed by atoms with E-state index in [4.69, 9.17) is 39.5 Å². The van der Waals surface area contributed by atoms with Crippen molar-refractivity contribution in [1.29, 1.82) is 0 Å². The van der Waals surface area contributed by atoms with Crippen LogP contribution in [-0.2, 0) is 4.79 Å². The Hall–Kier alpha value is -2.53. The zero-order chi connectivity index (χ0) is 19.9. The van der Waals surface area contributed by atoms with Gasteiger partial charge in [-0.05, 0) is 66.2 Å². The molecule has 0 spiro atoms. The van der Waals surface area contributed by atoms with Crippen molar-refractivity contribution in [2.45, 2.75) is 0 Å². The second kappa shape index (κ2) is 9.60. The van der Waals surface area contributed by atoms with Gasteiger partial charge in [-0.2, -0.15) is 0 Å². The normalized spacial score (nSPS) is 10.8. The van der Waals surface area contributed by atoms with Gasteiger partial charge in [-0.15, -0.1) is 0 Å². The summed E-state index contributed by atoms with van der Waals surface area (Å²) in [7, 11) is 0. The predicted molar refractivity (Wildman–Crippen MR) is 116 cm³/mol. The van der Waals surface area contributed by atoms with Crippen molar-refractivity contribution in [1.82, 2.24) is 0 Å². The number of carbonyl (C=O) groups excluding carboxylic acids is 1. The monoisotopic (exact) mass is 432 g/mol. The van der Waals surface area contributed by atoms with Gasteiger partial charge in [-0.25, -0.2) is 0 Å². The van der Waals surface area contributed by atoms with Crippen LogP contribution in [0.5, 0.6) is 5.75 Å². The average Bonchev–Trinajstić information content (AvgIpc) is 2.65. The quantitative estimate of drug-likeness (QED) is 0.456. The fourth-order valence-electron chi connectivity index (χ4n) is 2.33. The van der Waals surface area contributed by atoms with Crippen LogP contribution in [0.2, 0.25) is 15.1 Å². The topological polar surface area (TPSA) is 50.7 Å². The third kappa shape index (κ3) is 6.27. The summed E-state index contributed by atoms with van der Waals surface area (Å²) in [5, 5.41) is 4.33. The summed E-state index contributed by atoms with van der Waals surface area (Å²) in [5.41, 5.74) is 2.15. The fourth-order valence-corrected chi connectivity index (χ4v) is 3.03. The molecule has 0 radical (unpaired) electrons. The van der Waals surface area contributed by atoms with Gasteiger partial charge in [0.1, 0.15) is 5.75 Å². The Morgan fingerprint density at radius 1 is 0.929 bits per heavy atom. The minimum Gasteiger partial charge on any atom is -0.484 e. The van der Waals surface area contributed by atoms with Gasteiger partial charge >= 0.3 is 0 Å². The Morgan fingerprint density at radius 3 is 2.32 bits per heavy atom. The van der Waals surface area contributed by atoms with Crippen LogP contribution in [0.3, 0.4) is 0 Å². The first kappa shape index (κ1) is 20.2. The van der Waals surface area contributed by atoms with E-state index in [9.17, 15) is 4.79 Å². The molecule has 1 amide bonds. The Labute approximate surface area is 177 Å². The number of amides is 1. The summed E-state index contributed by atoms with van der Waals surface area (Å²) >= 11 is 17.8. The SMILES string of the molecule is O=C(COc1ccc(C=Nc2cc(Cl)cc(Cl)c2)cc1)Nc1cccc(Cl)c1. The van der Waals surface area contributed by atoms with E-state index in [0.717, 1.165) is 5.56 Å². The van der Waals surface area contributed by atoms with Crippen LogP contribution in [0, 0.1) is 0 Å².